The standard InChI is InChI=1S/C41H60Cl3N5O8Si.C38H56N4O6Si/c1-24(2)34(35(51)45-25(3)36(52)49-21-13-14-32(48-49)37(53)55-23-41(42,43)44)47-38(54)40(10,27(5)57-58(11,12)39(7,8)9)20-19-29-15-16-30-17-18-31(46-33(30)22-29)26(4)56-28(6)50;1-23(2)29-22-33(43)38(9,26(5)48-49(10,11)37(6,7)8)19-18-27-14-15-28-16-17-30(40-32(28)21-27)25(4)47-36(46)31-13-12-20-42(41-31)35(45)24(3)39-34(29)44/h15-20,22,24-27,32,34,48H,13-14,21,23H2,1-12H3,(H,45,51)(H,47,54);14-19,21,23-26,29,31,41H,12-13,20,22H2,1-11H3,(H,39,44)/b20-19+;19-18+/t25-,26+,27?,32-,34-,40?;24-,25+,26?,29-,31-,38?/m00/s1. The first kappa shape index (κ1) is 89.2. The number of benzene rings is 2. The zero-order chi connectivity index (χ0) is 80.4. The number of ether oxygens (including phenoxy) is 3. The summed E-state index contributed by atoms with van der Waals surface area (Å²) in [4.78, 5) is 131. The molecule has 3 aliphatic rings. The topological polar surface area (TPSA) is 292 Å². The minimum absolute atomic E-state index is 0.0210. The van der Waals surface area contributed by atoms with Gasteiger partial charge in [0, 0.05) is 43.1 Å². The number of hydrazine groups is 2. The van der Waals surface area contributed by atoms with E-state index in [1.807, 2.05) is 114 Å². The van der Waals surface area contributed by atoms with Gasteiger partial charge in [0.15, 0.2) is 16.6 Å². The number of ketones is 1. The van der Waals surface area contributed by atoms with Crippen LogP contribution in [0, 0.1) is 28.6 Å². The lowest BCUT2D eigenvalue weighted by atomic mass is 9.75. The Morgan fingerprint density at radius 1 is 0.766 bits per heavy atom. The second kappa shape index (κ2) is 36.4. The number of nitrogens with one attached hydrogen (secondary N) is 5. The highest BCUT2D eigenvalue weighted by molar-refractivity contribution is 6.74. The third kappa shape index (κ3) is 23.7. The molecule has 4 aromatic rings. The number of rotatable bonds is 19. The fourth-order valence-electron chi connectivity index (χ4n) is 12.0. The average molecular weight is 1580 g/mol. The third-order valence-corrected chi connectivity index (χ3v) is 31.1. The molecule has 4 unspecified atom stereocenters. The summed E-state index contributed by atoms with van der Waals surface area (Å²) in [5.41, 5.74) is 7.78. The van der Waals surface area contributed by atoms with E-state index in [1.54, 1.807) is 47.6 Å². The van der Waals surface area contributed by atoms with Gasteiger partial charge in [-0.15, -0.1) is 0 Å². The van der Waals surface area contributed by atoms with Gasteiger partial charge in [-0.3, -0.25) is 53.2 Å². The number of hydrogen-bond donors (Lipinski definition) is 5. The SMILES string of the molecule is CC(=O)O[C@H](C)c1ccc2ccc(/C=C/C(C)(C(=O)N[C@H](C(=O)N[C@@H](C)C(=O)N3CCC[C@@H](C(=O)OCC(Cl)(Cl)Cl)N3)C(C)C)C(C)O[Si](C)(C)C(C)(C)C)cc2n1.CC(C)[C@@H]1CC(=O)C(C)(C(C)O[Si](C)(C)C(C)(C)C)/C=C/c2ccc3ccc(nc3c2)[C@@H](C)OC(=O)[C@@H]2CCCN(N2)C(=O)[C@H](C)NC1=O. The Kier molecular flexibility index (Phi) is 30.4. The van der Waals surface area contributed by atoms with Gasteiger partial charge in [0.1, 0.15) is 54.8 Å². The first-order valence-electron chi connectivity index (χ1n) is 37.1. The van der Waals surface area contributed by atoms with Crippen LogP contribution in [0.4, 0.5) is 0 Å². The molecule has 2 saturated heterocycles. The molecule has 590 valence electrons. The molecule has 3 aliphatic heterocycles. The average Bonchev–Trinajstić information content (AvgIpc) is 0.991. The maximum Gasteiger partial charge on any atom is 0.325 e. The smallest absolute Gasteiger partial charge is 0.325 e. The summed E-state index contributed by atoms with van der Waals surface area (Å²) >= 11 is 17.1. The molecule has 28 heteroatoms. The number of amides is 5. The molecule has 2 fully saturated rings. The number of carbonyl (C=O) groups excluding carboxylic acids is 9. The van der Waals surface area contributed by atoms with Crippen LogP contribution in [0.5, 0.6) is 0 Å². The van der Waals surface area contributed by atoms with Gasteiger partial charge >= 0.3 is 17.9 Å². The lowest BCUT2D eigenvalue weighted by Crippen LogP contribution is -2.61. The molecule has 5 N–H and O–H groups in total. The predicted octanol–water partition coefficient (Wildman–Crippen LogP) is 13.9. The van der Waals surface area contributed by atoms with Crippen LogP contribution in [0.15, 0.2) is 72.8 Å². The van der Waals surface area contributed by atoms with Crippen molar-refractivity contribution in [2.24, 2.45) is 28.6 Å². The molecule has 0 saturated carbocycles. The fraction of sp³-hybridized carbons (Fsp3) is 0.608. The minimum Gasteiger partial charge on any atom is -0.460 e. The van der Waals surface area contributed by atoms with Crippen LogP contribution in [0.3, 0.4) is 0 Å². The molecule has 0 aliphatic carbocycles. The fourth-order valence-corrected chi connectivity index (χ4v) is 15.2. The summed E-state index contributed by atoms with van der Waals surface area (Å²) in [5, 5.41) is 12.9. The summed E-state index contributed by atoms with van der Waals surface area (Å²) in [6.45, 7) is 44.6. The number of carbonyl (C=O) groups is 9. The number of fused-ring (bicyclic) bond motifs is 5. The van der Waals surface area contributed by atoms with Crippen molar-refractivity contribution >= 4 is 139 Å². The molecule has 107 heavy (non-hydrogen) atoms. The molecule has 5 bridgehead atoms. The van der Waals surface area contributed by atoms with Gasteiger partial charge in [0.05, 0.1) is 45.5 Å². The first-order valence-corrected chi connectivity index (χ1v) is 44.1. The predicted molar refractivity (Wildman–Crippen MR) is 425 cm³/mol. The highest BCUT2D eigenvalue weighted by Gasteiger charge is 2.48. The van der Waals surface area contributed by atoms with Crippen molar-refractivity contribution in [1.29, 1.82) is 0 Å². The normalized spacial score (nSPS) is 22.9. The Hall–Kier alpha value is -6.69. The highest BCUT2D eigenvalue weighted by atomic mass is 35.6. The molecule has 0 radical (unpaired) electrons. The van der Waals surface area contributed by atoms with E-state index in [9.17, 15) is 43.2 Å². The van der Waals surface area contributed by atoms with Gasteiger partial charge in [0.25, 0.3) is 11.8 Å². The molecule has 5 amide bonds. The third-order valence-electron chi connectivity index (χ3n) is 21.6. The van der Waals surface area contributed by atoms with Crippen LogP contribution in [-0.4, -0.2) is 156 Å². The van der Waals surface area contributed by atoms with Crippen molar-refractivity contribution in [2.75, 3.05) is 19.7 Å². The van der Waals surface area contributed by atoms with E-state index in [2.05, 4.69) is 94.5 Å². The zero-order valence-corrected chi connectivity index (χ0v) is 71.1. The molecule has 2 aromatic heterocycles. The van der Waals surface area contributed by atoms with Crippen molar-refractivity contribution in [2.45, 2.75) is 258 Å². The highest BCUT2D eigenvalue weighted by Crippen LogP contribution is 2.43. The monoisotopic (exact) mass is 1580 g/mol. The lowest BCUT2D eigenvalue weighted by Gasteiger charge is -2.43. The number of hydrogen-bond acceptors (Lipinski definition) is 18. The molecule has 12 atom stereocenters. The Labute approximate surface area is 649 Å². The second-order valence-electron chi connectivity index (χ2n) is 33.0. The summed E-state index contributed by atoms with van der Waals surface area (Å²) in [5.74, 6) is -5.08. The van der Waals surface area contributed by atoms with Gasteiger partial charge < -0.3 is 39.0 Å². The van der Waals surface area contributed by atoms with Crippen molar-refractivity contribution in [3.63, 3.8) is 0 Å². The van der Waals surface area contributed by atoms with Gasteiger partial charge in [-0.25, -0.2) is 20.8 Å². The van der Waals surface area contributed by atoms with E-state index in [0.717, 1.165) is 27.4 Å². The van der Waals surface area contributed by atoms with Gasteiger partial charge in [0.2, 0.25) is 21.5 Å². The van der Waals surface area contributed by atoms with E-state index < -0.39 is 134 Å². The number of Topliss-reactive ketones (excluding diaryl/α,β-unsaturated/α-hetero) is 1. The van der Waals surface area contributed by atoms with Crippen LogP contribution in [-0.2, 0) is 66.2 Å². The summed E-state index contributed by atoms with van der Waals surface area (Å²) in [7, 11) is -4.68. The van der Waals surface area contributed by atoms with Gasteiger partial charge in [-0.2, -0.15) is 0 Å². The van der Waals surface area contributed by atoms with E-state index in [0.29, 0.717) is 49.1 Å². The van der Waals surface area contributed by atoms with Crippen LogP contribution in [0.1, 0.15) is 198 Å². The number of cyclic esters (lactones) is 1. The maximum absolute atomic E-state index is 14.6. The van der Waals surface area contributed by atoms with Crippen LogP contribution < -0.4 is 26.8 Å². The number of aromatic nitrogens is 2. The van der Waals surface area contributed by atoms with E-state index in [-0.39, 0.29) is 52.5 Å². The van der Waals surface area contributed by atoms with Crippen molar-refractivity contribution in [3.05, 3.63) is 95.3 Å². The number of nitrogens with zero attached hydrogens (tertiary/aromatic N) is 4. The molecular formula is C79H116Cl3N9O14Si2. The molecule has 7 rings (SSSR count). The van der Waals surface area contributed by atoms with Crippen molar-refractivity contribution in [3.8, 4) is 0 Å². The first-order chi connectivity index (χ1) is 49.4. The van der Waals surface area contributed by atoms with E-state index in [1.165, 1.54) is 23.9 Å². The molecule has 23 nitrogen and oxygen atoms in total. The summed E-state index contributed by atoms with van der Waals surface area (Å²) in [6, 6.07) is 14.7. The van der Waals surface area contributed by atoms with Crippen molar-refractivity contribution < 1.29 is 66.2 Å². The Morgan fingerprint density at radius 2 is 1.36 bits per heavy atom. The van der Waals surface area contributed by atoms with Gasteiger partial charge in [-0.1, -0.05) is 165 Å². The van der Waals surface area contributed by atoms with Crippen LogP contribution in [0.2, 0.25) is 36.3 Å². The molecule has 0 spiro atoms. The number of halogens is 3. The summed E-state index contributed by atoms with van der Waals surface area (Å²) < 4.78 is 28.1. The Balaban J connectivity index is 0.000000339. The second-order valence-corrected chi connectivity index (χ2v) is 45.0. The zero-order valence-electron chi connectivity index (χ0n) is 66.8. The Bertz CT molecular complexity index is 3950. The largest absolute Gasteiger partial charge is 0.460 e. The Morgan fingerprint density at radius 3 is 1.97 bits per heavy atom. The lowest BCUT2D eigenvalue weighted by molar-refractivity contribution is -0.157. The summed E-state index contributed by atoms with van der Waals surface area (Å²) in [6.07, 6.45) is 7.18. The van der Waals surface area contributed by atoms with Crippen molar-refractivity contribution in [1.82, 2.24) is 46.8 Å². The van der Waals surface area contributed by atoms with E-state index >= 15 is 0 Å². The number of pyridine rings is 2. The number of alkyl halides is 3. The number of esters is 3. The maximum atomic E-state index is 14.6. The van der Waals surface area contributed by atoms with Crippen LogP contribution in [0.25, 0.3) is 34.0 Å². The van der Waals surface area contributed by atoms with E-state index in [4.69, 9.17) is 67.8 Å². The quantitative estimate of drug-likeness (QED) is 0.0252. The minimum atomic E-state index is -2.39. The molecule has 5 heterocycles. The molecule has 2 aromatic carbocycles. The molecular weight excluding hydrogens is 1460 g/mol. The van der Waals surface area contributed by atoms with Crippen LogP contribution >= 0.6 is 34.8 Å². The van der Waals surface area contributed by atoms with Gasteiger partial charge in [-0.05, 0) is 165 Å².